The zero-order valence-electron chi connectivity index (χ0n) is 9.75. The van der Waals surface area contributed by atoms with Gasteiger partial charge in [0, 0.05) is 5.56 Å². The van der Waals surface area contributed by atoms with Gasteiger partial charge in [-0.05, 0) is 31.2 Å². The average molecular weight is 241 g/mol. The van der Waals surface area contributed by atoms with Crippen molar-refractivity contribution in [2.45, 2.75) is 6.92 Å². The van der Waals surface area contributed by atoms with E-state index in [2.05, 4.69) is 4.98 Å². The molecule has 90 valence electrons. The van der Waals surface area contributed by atoms with Gasteiger partial charge in [-0.3, -0.25) is 0 Å². The third kappa shape index (κ3) is 1.78. The van der Waals surface area contributed by atoms with Gasteiger partial charge >= 0.3 is 6.08 Å². The number of phenols is 1. The molecule has 0 radical (unpaired) electrons. The lowest BCUT2D eigenvalue weighted by atomic mass is 10.2. The smallest absolute Gasteiger partial charge is 0.400 e. The maximum Gasteiger partial charge on any atom is 0.400 e. The van der Waals surface area contributed by atoms with E-state index in [1.54, 1.807) is 25.1 Å². The molecule has 0 aliphatic rings. The summed E-state index contributed by atoms with van der Waals surface area (Å²) in [7, 11) is 0. The predicted octanol–water partition coefficient (Wildman–Crippen LogP) is 3.63. The molecule has 0 amide bonds. The van der Waals surface area contributed by atoms with Crippen molar-refractivity contribution in [3.8, 4) is 17.6 Å². The van der Waals surface area contributed by atoms with E-state index < -0.39 is 0 Å². The molecule has 3 aromatic rings. The number of para-hydroxylation sites is 2. The molecule has 0 fully saturated rings. The van der Waals surface area contributed by atoms with Crippen molar-refractivity contribution >= 4 is 11.1 Å². The number of nitrogens with zero attached hydrogens (tertiary/aromatic N) is 1. The molecule has 2 aromatic carbocycles. The van der Waals surface area contributed by atoms with E-state index >= 15 is 0 Å². The molecule has 0 unspecified atom stereocenters. The fourth-order valence-electron chi connectivity index (χ4n) is 1.70. The zero-order chi connectivity index (χ0) is 12.5. The number of aromatic nitrogens is 1. The summed E-state index contributed by atoms with van der Waals surface area (Å²) in [4.78, 5) is 4.21. The second-order valence-electron chi connectivity index (χ2n) is 3.95. The third-order valence-electron chi connectivity index (χ3n) is 2.73. The van der Waals surface area contributed by atoms with Crippen molar-refractivity contribution in [1.29, 1.82) is 0 Å². The maximum atomic E-state index is 9.59. The minimum Gasteiger partial charge on any atom is -0.508 e. The molecule has 4 nitrogen and oxygen atoms in total. The highest BCUT2D eigenvalue weighted by atomic mass is 16.6. The van der Waals surface area contributed by atoms with Crippen LogP contribution in [0.3, 0.4) is 0 Å². The standard InChI is InChI=1S/C14H11NO3/c1-9-11(16)6-4-8-12(9)17-14-15-10-5-2-3-7-13(10)18-14/h2-8,16H,1H3. The van der Waals surface area contributed by atoms with Gasteiger partial charge in [0.05, 0.1) is 0 Å². The Labute approximate surface area is 103 Å². The Hall–Kier alpha value is -2.49. The molecular weight excluding hydrogens is 230 g/mol. The van der Waals surface area contributed by atoms with Crippen molar-refractivity contribution in [1.82, 2.24) is 4.98 Å². The number of ether oxygens (including phenoxy) is 1. The Morgan fingerprint density at radius 2 is 1.94 bits per heavy atom. The number of benzene rings is 2. The number of rotatable bonds is 2. The van der Waals surface area contributed by atoms with Crippen LogP contribution in [-0.4, -0.2) is 10.1 Å². The highest BCUT2D eigenvalue weighted by molar-refractivity contribution is 5.72. The van der Waals surface area contributed by atoms with Crippen LogP contribution in [0, 0.1) is 6.92 Å². The lowest BCUT2D eigenvalue weighted by molar-refractivity contribution is 0.339. The molecular formula is C14H11NO3. The summed E-state index contributed by atoms with van der Waals surface area (Å²) in [6, 6.07) is 12.5. The lowest BCUT2D eigenvalue weighted by Crippen LogP contribution is -1.87. The number of hydrogen-bond donors (Lipinski definition) is 1. The number of aromatic hydroxyl groups is 1. The molecule has 1 N–H and O–H groups in total. The van der Waals surface area contributed by atoms with Crippen LogP contribution in [0.4, 0.5) is 0 Å². The first-order valence-corrected chi connectivity index (χ1v) is 5.56. The van der Waals surface area contributed by atoms with Gasteiger partial charge in [-0.1, -0.05) is 18.2 Å². The molecule has 0 aliphatic carbocycles. The predicted molar refractivity (Wildman–Crippen MR) is 66.9 cm³/mol. The summed E-state index contributed by atoms with van der Waals surface area (Å²) < 4.78 is 11.0. The van der Waals surface area contributed by atoms with Crippen LogP contribution in [0.5, 0.6) is 17.6 Å². The van der Waals surface area contributed by atoms with E-state index in [1.165, 1.54) is 0 Å². The first kappa shape index (κ1) is 10.7. The van der Waals surface area contributed by atoms with Crippen molar-refractivity contribution in [2.24, 2.45) is 0 Å². The second kappa shape index (κ2) is 4.07. The summed E-state index contributed by atoms with van der Waals surface area (Å²) in [6.07, 6.45) is 0.171. The van der Waals surface area contributed by atoms with Gasteiger partial charge in [0.15, 0.2) is 5.58 Å². The summed E-state index contributed by atoms with van der Waals surface area (Å²) in [5.41, 5.74) is 2.07. The minimum atomic E-state index is 0.171. The van der Waals surface area contributed by atoms with E-state index in [1.807, 2.05) is 24.3 Å². The molecule has 0 aliphatic heterocycles. The molecule has 1 heterocycles. The van der Waals surface area contributed by atoms with E-state index in [9.17, 15) is 5.11 Å². The van der Waals surface area contributed by atoms with E-state index in [0.717, 1.165) is 5.52 Å². The number of phenolic OH excluding ortho intramolecular Hbond substituents is 1. The Bertz CT molecular complexity index is 670. The first-order valence-electron chi connectivity index (χ1n) is 5.56. The minimum absolute atomic E-state index is 0.171. The molecule has 4 heteroatoms. The Kier molecular flexibility index (Phi) is 2.41. The van der Waals surface area contributed by atoms with Crippen LogP contribution in [0.2, 0.25) is 0 Å². The number of oxazole rings is 1. The van der Waals surface area contributed by atoms with Gasteiger partial charge in [0.1, 0.15) is 17.0 Å². The number of hydrogen-bond acceptors (Lipinski definition) is 4. The van der Waals surface area contributed by atoms with Crippen molar-refractivity contribution in [3.63, 3.8) is 0 Å². The normalized spacial score (nSPS) is 10.7. The Balaban J connectivity index is 1.99. The summed E-state index contributed by atoms with van der Waals surface area (Å²) in [5, 5.41) is 9.59. The number of fused-ring (bicyclic) bond motifs is 1. The molecule has 0 saturated heterocycles. The quantitative estimate of drug-likeness (QED) is 0.744. The lowest BCUT2D eigenvalue weighted by Gasteiger charge is -2.05. The van der Waals surface area contributed by atoms with Crippen molar-refractivity contribution in [2.75, 3.05) is 0 Å². The average Bonchev–Trinajstić information content (AvgIpc) is 2.77. The van der Waals surface area contributed by atoms with Crippen molar-refractivity contribution in [3.05, 3.63) is 48.0 Å². The molecule has 0 saturated carbocycles. The van der Waals surface area contributed by atoms with Gasteiger partial charge in [0.25, 0.3) is 0 Å². The van der Waals surface area contributed by atoms with Crippen LogP contribution < -0.4 is 4.74 Å². The fourth-order valence-corrected chi connectivity index (χ4v) is 1.70. The summed E-state index contributed by atoms with van der Waals surface area (Å²) in [6.45, 7) is 1.77. The largest absolute Gasteiger partial charge is 0.508 e. The summed E-state index contributed by atoms with van der Waals surface area (Å²) >= 11 is 0. The van der Waals surface area contributed by atoms with Gasteiger partial charge in [-0.25, -0.2) is 0 Å². The van der Waals surface area contributed by atoms with E-state index in [-0.39, 0.29) is 11.8 Å². The molecule has 3 rings (SSSR count). The van der Waals surface area contributed by atoms with Crippen molar-refractivity contribution < 1.29 is 14.3 Å². The van der Waals surface area contributed by atoms with Gasteiger partial charge in [-0.15, -0.1) is 0 Å². The zero-order valence-corrected chi connectivity index (χ0v) is 9.75. The fraction of sp³-hybridized carbons (Fsp3) is 0.0714. The van der Waals surface area contributed by atoms with Crippen LogP contribution >= 0.6 is 0 Å². The SMILES string of the molecule is Cc1c(O)cccc1Oc1nc2ccccc2o1. The van der Waals surface area contributed by atoms with Gasteiger partial charge < -0.3 is 14.3 Å². The molecule has 0 bridgehead atoms. The van der Waals surface area contributed by atoms with E-state index in [4.69, 9.17) is 9.15 Å². The van der Waals surface area contributed by atoms with Crippen LogP contribution in [0.25, 0.3) is 11.1 Å². The molecule has 18 heavy (non-hydrogen) atoms. The van der Waals surface area contributed by atoms with E-state index in [0.29, 0.717) is 16.9 Å². The Morgan fingerprint density at radius 1 is 1.11 bits per heavy atom. The van der Waals surface area contributed by atoms with Crippen LogP contribution in [0.1, 0.15) is 5.56 Å². The second-order valence-corrected chi connectivity index (χ2v) is 3.95. The van der Waals surface area contributed by atoms with Crippen LogP contribution in [0.15, 0.2) is 46.9 Å². The highest BCUT2D eigenvalue weighted by Gasteiger charge is 2.10. The van der Waals surface area contributed by atoms with Gasteiger partial charge in [-0.2, -0.15) is 4.98 Å². The first-order chi connectivity index (χ1) is 8.74. The topological polar surface area (TPSA) is 55.5 Å². The third-order valence-corrected chi connectivity index (χ3v) is 2.73. The monoisotopic (exact) mass is 241 g/mol. The molecule has 0 spiro atoms. The van der Waals surface area contributed by atoms with Crippen LogP contribution in [-0.2, 0) is 0 Å². The highest BCUT2D eigenvalue weighted by Crippen LogP contribution is 2.31. The Morgan fingerprint density at radius 3 is 2.78 bits per heavy atom. The molecule has 0 atom stereocenters. The van der Waals surface area contributed by atoms with Gasteiger partial charge in [0.2, 0.25) is 0 Å². The summed E-state index contributed by atoms with van der Waals surface area (Å²) in [5.74, 6) is 0.713. The molecule has 1 aromatic heterocycles. The maximum absolute atomic E-state index is 9.59.